The molecule has 0 spiro atoms. The minimum atomic E-state index is -0.525. The number of hydrogen-bond acceptors (Lipinski definition) is 3. The fourth-order valence-electron chi connectivity index (χ4n) is 3.68. The van der Waals surface area contributed by atoms with Crippen LogP contribution in [-0.2, 0) is 0 Å². The second kappa shape index (κ2) is 9.60. The molecule has 0 amide bonds. The van der Waals surface area contributed by atoms with Gasteiger partial charge in [-0.2, -0.15) is 0 Å². The van der Waals surface area contributed by atoms with Crippen molar-refractivity contribution in [2.45, 2.75) is 18.6 Å². The quantitative estimate of drug-likeness (QED) is 0.757. The summed E-state index contributed by atoms with van der Waals surface area (Å²) in [7, 11) is 0. The number of aliphatic hydroxyl groups is 1. The molecule has 2 aromatic carbocycles. The molecule has 1 fully saturated rings. The molecule has 3 rings (SSSR count). The van der Waals surface area contributed by atoms with Gasteiger partial charge in [0.1, 0.15) is 11.6 Å². The Bertz CT molecular complexity index is 666. The molecule has 0 saturated carbocycles. The Labute approximate surface area is 164 Å². The lowest BCUT2D eigenvalue weighted by atomic mass is 9.96. The maximum atomic E-state index is 13.4. The lowest BCUT2D eigenvalue weighted by molar-refractivity contribution is 0.129. The first-order valence-corrected chi connectivity index (χ1v) is 9.81. The summed E-state index contributed by atoms with van der Waals surface area (Å²) in [5, 5.41) is 9.83. The number of hydrogen-bond donors (Lipinski definition) is 1. The zero-order chi connectivity index (χ0) is 19.2. The standard InChI is InChI=1S/C21H25ClF2N2O/c22-14-20(27)15-25-10-1-11-26(13-12-25)21(16-2-6-18(23)7-3-16)17-4-8-19(24)9-5-17/h2-9,20-21,27H,1,10-15H2. The van der Waals surface area contributed by atoms with Crippen molar-refractivity contribution in [3.8, 4) is 0 Å². The van der Waals surface area contributed by atoms with Gasteiger partial charge in [0.2, 0.25) is 0 Å². The van der Waals surface area contributed by atoms with Crippen LogP contribution in [0.2, 0.25) is 0 Å². The van der Waals surface area contributed by atoms with Crippen LogP contribution in [0.5, 0.6) is 0 Å². The third kappa shape index (κ3) is 5.48. The topological polar surface area (TPSA) is 26.7 Å². The number of rotatable bonds is 6. The first-order valence-electron chi connectivity index (χ1n) is 9.28. The van der Waals surface area contributed by atoms with Gasteiger partial charge in [-0.05, 0) is 48.4 Å². The van der Waals surface area contributed by atoms with Gasteiger partial charge in [-0.25, -0.2) is 8.78 Å². The Morgan fingerprint density at radius 2 is 1.41 bits per heavy atom. The van der Waals surface area contributed by atoms with Crippen molar-refractivity contribution in [3.05, 3.63) is 71.3 Å². The Balaban J connectivity index is 1.82. The van der Waals surface area contributed by atoms with Crippen molar-refractivity contribution in [3.63, 3.8) is 0 Å². The summed E-state index contributed by atoms with van der Waals surface area (Å²) < 4.78 is 26.8. The second-order valence-electron chi connectivity index (χ2n) is 7.00. The molecule has 1 heterocycles. The number of aliphatic hydroxyl groups excluding tert-OH is 1. The normalized spacial score (nSPS) is 17.8. The maximum absolute atomic E-state index is 13.4. The summed E-state index contributed by atoms with van der Waals surface area (Å²) in [4.78, 5) is 4.56. The van der Waals surface area contributed by atoms with E-state index in [2.05, 4.69) is 9.80 Å². The van der Waals surface area contributed by atoms with Crippen LogP contribution in [0.25, 0.3) is 0 Å². The lowest BCUT2D eigenvalue weighted by Crippen LogP contribution is -2.37. The molecular weight excluding hydrogens is 370 g/mol. The highest BCUT2D eigenvalue weighted by Gasteiger charge is 2.25. The number of β-amino-alcohol motifs (C(OH)–C–C–N with tert-alkyl or cyclic N) is 1. The highest BCUT2D eigenvalue weighted by atomic mass is 35.5. The molecule has 2 aromatic rings. The average molecular weight is 395 g/mol. The third-order valence-electron chi connectivity index (χ3n) is 5.01. The number of alkyl halides is 1. The van der Waals surface area contributed by atoms with Crippen LogP contribution in [0.15, 0.2) is 48.5 Å². The average Bonchev–Trinajstić information content (AvgIpc) is 2.90. The first-order chi connectivity index (χ1) is 13.1. The molecule has 1 aliphatic heterocycles. The van der Waals surface area contributed by atoms with Crippen molar-refractivity contribution in [2.24, 2.45) is 0 Å². The second-order valence-corrected chi connectivity index (χ2v) is 7.31. The molecule has 0 aliphatic carbocycles. The molecule has 3 nitrogen and oxygen atoms in total. The summed E-state index contributed by atoms with van der Waals surface area (Å²) in [6.45, 7) is 3.94. The predicted octanol–water partition coefficient (Wildman–Crippen LogP) is 3.66. The van der Waals surface area contributed by atoms with Gasteiger partial charge in [-0.3, -0.25) is 9.80 Å². The van der Waals surface area contributed by atoms with E-state index < -0.39 is 6.10 Å². The maximum Gasteiger partial charge on any atom is 0.123 e. The van der Waals surface area contributed by atoms with E-state index in [4.69, 9.17) is 11.6 Å². The van der Waals surface area contributed by atoms with Crippen LogP contribution in [0.3, 0.4) is 0 Å². The zero-order valence-electron chi connectivity index (χ0n) is 15.2. The van der Waals surface area contributed by atoms with Gasteiger partial charge in [-0.1, -0.05) is 24.3 Å². The van der Waals surface area contributed by atoms with E-state index in [0.29, 0.717) is 6.54 Å². The van der Waals surface area contributed by atoms with E-state index in [1.807, 2.05) is 0 Å². The molecular formula is C21H25ClF2N2O. The smallest absolute Gasteiger partial charge is 0.123 e. The third-order valence-corrected chi connectivity index (χ3v) is 5.36. The molecule has 0 aromatic heterocycles. The van der Waals surface area contributed by atoms with Crippen LogP contribution < -0.4 is 0 Å². The van der Waals surface area contributed by atoms with E-state index >= 15 is 0 Å². The summed E-state index contributed by atoms with van der Waals surface area (Å²) in [6, 6.07) is 13.0. The summed E-state index contributed by atoms with van der Waals surface area (Å²) >= 11 is 5.73. The van der Waals surface area contributed by atoms with Crippen LogP contribution >= 0.6 is 11.6 Å². The van der Waals surface area contributed by atoms with E-state index in [1.165, 1.54) is 24.3 Å². The Hall–Kier alpha value is -1.53. The van der Waals surface area contributed by atoms with E-state index in [-0.39, 0.29) is 23.6 Å². The Morgan fingerprint density at radius 1 is 0.852 bits per heavy atom. The highest BCUT2D eigenvalue weighted by Crippen LogP contribution is 2.30. The molecule has 6 heteroatoms. The molecule has 0 radical (unpaired) electrons. The van der Waals surface area contributed by atoms with Crippen LogP contribution in [-0.4, -0.2) is 59.6 Å². The first kappa shape index (κ1) is 20.2. The van der Waals surface area contributed by atoms with Gasteiger partial charge in [0.15, 0.2) is 0 Å². The molecule has 27 heavy (non-hydrogen) atoms. The molecule has 1 atom stereocenters. The van der Waals surface area contributed by atoms with E-state index in [0.717, 1.165) is 43.7 Å². The summed E-state index contributed by atoms with van der Waals surface area (Å²) in [6.07, 6.45) is 0.427. The van der Waals surface area contributed by atoms with E-state index in [1.54, 1.807) is 24.3 Å². The fourth-order valence-corrected chi connectivity index (χ4v) is 3.78. The molecule has 1 unspecified atom stereocenters. The monoisotopic (exact) mass is 394 g/mol. The van der Waals surface area contributed by atoms with E-state index in [9.17, 15) is 13.9 Å². The van der Waals surface area contributed by atoms with Gasteiger partial charge in [0.25, 0.3) is 0 Å². The van der Waals surface area contributed by atoms with Gasteiger partial charge in [-0.15, -0.1) is 11.6 Å². The van der Waals surface area contributed by atoms with Crippen molar-refractivity contribution in [1.29, 1.82) is 0 Å². The van der Waals surface area contributed by atoms with Gasteiger partial charge in [0, 0.05) is 32.1 Å². The Kier molecular flexibility index (Phi) is 7.19. The van der Waals surface area contributed by atoms with Crippen LogP contribution in [0.1, 0.15) is 23.6 Å². The number of halogens is 3. The summed E-state index contributed by atoms with van der Waals surface area (Å²) in [5.41, 5.74) is 1.97. The summed E-state index contributed by atoms with van der Waals surface area (Å²) in [5.74, 6) is -0.309. The Morgan fingerprint density at radius 3 is 1.93 bits per heavy atom. The molecule has 1 N–H and O–H groups in total. The molecule has 1 saturated heterocycles. The largest absolute Gasteiger partial charge is 0.391 e. The van der Waals surface area contributed by atoms with Crippen molar-refractivity contribution >= 4 is 11.6 Å². The number of benzene rings is 2. The van der Waals surface area contributed by atoms with Gasteiger partial charge in [0.05, 0.1) is 12.1 Å². The SMILES string of the molecule is OC(CCl)CN1CCCN(C(c2ccc(F)cc2)c2ccc(F)cc2)CC1. The van der Waals surface area contributed by atoms with Crippen molar-refractivity contribution in [2.75, 3.05) is 38.6 Å². The lowest BCUT2D eigenvalue weighted by Gasteiger charge is -2.32. The predicted molar refractivity (Wildman–Crippen MR) is 104 cm³/mol. The number of nitrogens with zero attached hydrogens (tertiary/aromatic N) is 2. The molecule has 146 valence electrons. The molecule has 0 bridgehead atoms. The van der Waals surface area contributed by atoms with Crippen LogP contribution in [0, 0.1) is 11.6 Å². The minimum absolute atomic E-state index is 0.0656. The zero-order valence-corrected chi connectivity index (χ0v) is 16.0. The van der Waals surface area contributed by atoms with Crippen LogP contribution in [0.4, 0.5) is 8.78 Å². The van der Waals surface area contributed by atoms with Gasteiger partial charge >= 0.3 is 0 Å². The highest BCUT2D eigenvalue weighted by molar-refractivity contribution is 6.18. The van der Waals surface area contributed by atoms with Gasteiger partial charge < -0.3 is 5.11 Å². The van der Waals surface area contributed by atoms with Crippen molar-refractivity contribution in [1.82, 2.24) is 9.80 Å². The molecule has 1 aliphatic rings. The fraction of sp³-hybridized carbons (Fsp3) is 0.429. The van der Waals surface area contributed by atoms with Crippen molar-refractivity contribution < 1.29 is 13.9 Å². The minimum Gasteiger partial charge on any atom is -0.391 e.